The minimum absolute atomic E-state index is 0.448. The number of rotatable bonds is 13. The van der Waals surface area contributed by atoms with Gasteiger partial charge in [-0.2, -0.15) is 0 Å². The van der Waals surface area contributed by atoms with Crippen molar-refractivity contribution in [2.75, 3.05) is 14.2 Å². The van der Waals surface area contributed by atoms with Crippen molar-refractivity contribution in [2.45, 2.75) is 177 Å². The van der Waals surface area contributed by atoms with Crippen molar-refractivity contribution in [3.63, 3.8) is 0 Å². The summed E-state index contributed by atoms with van der Waals surface area (Å²) in [4.78, 5) is 26.1. The van der Waals surface area contributed by atoms with Crippen molar-refractivity contribution >= 4 is 61.6 Å². The third kappa shape index (κ3) is 9.74. The summed E-state index contributed by atoms with van der Waals surface area (Å²) < 4.78 is 23.9. The number of carbonyl (C=O) groups excluding carboxylic acids is 2. The van der Waals surface area contributed by atoms with Crippen LogP contribution in [-0.4, -0.2) is 61.0 Å². The average Bonchev–Trinajstić information content (AvgIpc) is 3.21. The number of halogens is 2. The molecule has 0 spiro atoms. The van der Waals surface area contributed by atoms with Crippen molar-refractivity contribution in [3.05, 3.63) is 34.3 Å². The zero-order valence-electron chi connectivity index (χ0n) is 33.0. The molecular formula is C44H62Cl2O6P2. The van der Waals surface area contributed by atoms with Gasteiger partial charge in [-0.05, 0) is 111 Å². The molecule has 6 rings (SSSR count). The summed E-state index contributed by atoms with van der Waals surface area (Å²) >= 11 is 14.6. The van der Waals surface area contributed by atoms with E-state index in [1.165, 1.54) is 153 Å². The van der Waals surface area contributed by atoms with E-state index in [-0.39, 0.29) is 0 Å². The Morgan fingerprint density at radius 3 is 1.06 bits per heavy atom. The first-order chi connectivity index (χ1) is 26.2. The van der Waals surface area contributed by atoms with Gasteiger partial charge in [0.2, 0.25) is 0 Å². The number of esters is 2. The number of ether oxygens (including phenoxy) is 4. The standard InChI is InChI=1S/C44H62Cl2O6P2/c1-29(43(47)49-3)51-41-35(45)25-27-37(53(31-17-9-5-10-18-31)32-19-11-6-12-20-32)39(41)40-38(28-26-36(46)42(40)52-30(2)44(48)50-4)54(33-21-13-7-14-22-33)34-23-15-8-16-24-34/h25-34H,5-24H2,1-4H3/t29-,30+. The lowest BCUT2D eigenvalue weighted by atomic mass is 9.99. The van der Waals surface area contributed by atoms with Crippen LogP contribution in [0.15, 0.2) is 24.3 Å². The third-order valence-corrected chi connectivity index (χ3v) is 20.2. The van der Waals surface area contributed by atoms with Gasteiger partial charge in [-0.3, -0.25) is 0 Å². The summed E-state index contributed by atoms with van der Waals surface area (Å²) in [5.41, 5.74) is 4.18. The lowest BCUT2D eigenvalue weighted by Crippen LogP contribution is -2.32. The predicted octanol–water partition coefficient (Wildman–Crippen LogP) is 12.1. The van der Waals surface area contributed by atoms with Crippen LogP contribution >= 0.6 is 39.0 Å². The molecule has 0 saturated heterocycles. The Kier molecular flexibility index (Phi) is 15.7. The molecule has 4 aliphatic rings. The van der Waals surface area contributed by atoms with Crippen molar-refractivity contribution in [1.29, 1.82) is 0 Å². The second kappa shape index (κ2) is 20.2. The van der Waals surface area contributed by atoms with E-state index in [0.29, 0.717) is 44.2 Å². The highest BCUT2D eigenvalue weighted by Gasteiger charge is 2.40. The predicted molar refractivity (Wildman–Crippen MR) is 227 cm³/mol. The fraction of sp³-hybridized carbons (Fsp3) is 0.682. The van der Waals surface area contributed by atoms with Gasteiger partial charge in [0.1, 0.15) is 11.5 Å². The van der Waals surface area contributed by atoms with Crippen LogP contribution in [0.25, 0.3) is 11.1 Å². The van der Waals surface area contributed by atoms with E-state index in [0.717, 1.165) is 11.1 Å². The maximum Gasteiger partial charge on any atom is 0.346 e. The number of carbonyl (C=O) groups is 2. The van der Waals surface area contributed by atoms with Crippen LogP contribution in [-0.2, 0) is 19.1 Å². The van der Waals surface area contributed by atoms with Gasteiger partial charge in [-0.1, -0.05) is 128 Å². The van der Waals surface area contributed by atoms with E-state index in [9.17, 15) is 9.59 Å². The molecule has 0 unspecified atom stereocenters. The van der Waals surface area contributed by atoms with Crippen LogP contribution in [0.1, 0.15) is 142 Å². The van der Waals surface area contributed by atoms with Gasteiger partial charge in [0, 0.05) is 11.1 Å². The monoisotopic (exact) mass is 818 g/mol. The van der Waals surface area contributed by atoms with Crippen molar-refractivity contribution in [1.82, 2.24) is 0 Å². The first-order valence-corrected chi connectivity index (χ1v) is 24.7. The Morgan fingerprint density at radius 1 is 0.519 bits per heavy atom. The van der Waals surface area contributed by atoms with Crippen LogP contribution in [0, 0.1) is 0 Å². The fourth-order valence-corrected chi connectivity index (χ4v) is 18.1. The molecule has 0 amide bonds. The minimum Gasteiger partial charge on any atom is -0.477 e. The molecule has 0 heterocycles. The number of methoxy groups -OCH3 is 2. The number of hydrogen-bond donors (Lipinski definition) is 0. The Labute approximate surface area is 337 Å². The summed E-state index contributed by atoms with van der Waals surface area (Å²) in [6, 6.07) is 8.55. The highest BCUT2D eigenvalue weighted by atomic mass is 35.5. The van der Waals surface area contributed by atoms with Crippen LogP contribution in [0.5, 0.6) is 11.5 Å². The summed E-state index contributed by atoms with van der Waals surface area (Å²) in [6.45, 7) is 3.46. The van der Waals surface area contributed by atoms with Crippen molar-refractivity contribution < 1.29 is 28.5 Å². The zero-order chi connectivity index (χ0) is 38.2. The Hall–Kier alpha value is -1.58. The molecule has 4 fully saturated rings. The Bertz CT molecular complexity index is 1410. The molecule has 0 bridgehead atoms. The van der Waals surface area contributed by atoms with Gasteiger partial charge in [0.05, 0.1) is 24.3 Å². The molecule has 298 valence electrons. The van der Waals surface area contributed by atoms with Crippen LogP contribution in [0.3, 0.4) is 0 Å². The highest BCUT2D eigenvalue weighted by Crippen LogP contribution is 2.61. The first-order valence-electron chi connectivity index (χ1n) is 20.9. The van der Waals surface area contributed by atoms with E-state index >= 15 is 0 Å². The fourth-order valence-electron chi connectivity index (χ4n) is 9.84. The van der Waals surface area contributed by atoms with E-state index in [2.05, 4.69) is 12.1 Å². The van der Waals surface area contributed by atoms with Gasteiger partial charge in [-0.15, -0.1) is 0 Å². The number of benzene rings is 2. The molecule has 2 aromatic rings. The highest BCUT2D eigenvalue weighted by molar-refractivity contribution is 7.68. The molecule has 4 aliphatic carbocycles. The Morgan fingerprint density at radius 2 is 0.796 bits per heavy atom. The first kappa shape index (κ1) is 42.0. The Balaban J connectivity index is 1.69. The average molecular weight is 820 g/mol. The summed E-state index contributed by atoms with van der Waals surface area (Å²) in [6.07, 6.45) is 23.2. The smallest absolute Gasteiger partial charge is 0.346 e. The van der Waals surface area contributed by atoms with E-state index in [1.54, 1.807) is 13.8 Å². The van der Waals surface area contributed by atoms with Crippen molar-refractivity contribution in [2.24, 2.45) is 0 Å². The van der Waals surface area contributed by atoms with Crippen LogP contribution in [0.4, 0.5) is 0 Å². The second-order valence-corrected chi connectivity index (χ2v) is 22.4. The van der Waals surface area contributed by atoms with Crippen LogP contribution in [0.2, 0.25) is 10.0 Å². The third-order valence-electron chi connectivity index (χ3n) is 12.5. The lowest BCUT2D eigenvalue weighted by Gasteiger charge is -2.42. The van der Waals surface area contributed by atoms with Crippen molar-refractivity contribution in [3.8, 4) is 22.6 Å². The lowest BCUT2D eigenvalue weighted by molar-refractivity contribution is -0.148. The molecule has 4 saturated carbocycles. The molecule has 0 aromatic heterocycles. The maximum absolute atomic E-state index is 13.1. The molecule has 0 aliphatic heterocycles. The topological polar surface area (TPSA) is 71.1 Å². The number of hydrogen-bond acceptors (Lipinski definition) is 6. The minimum atomic E-state index is -0.892. The van der Waals surface area contributed by atoms with Gasteiger partial charge >= 0.3 is 11.9 Å². The summed E-state index contributed by atoms with van der Waals surface area (Å²) in [5.74, 6) is 0.0658. The molecule has 0 N–H and O–H groups in total. The molecule has 6 nitrogen and oxygen atoms in total. The van der Waals surface area contributed by atoms with Gasteiger partial charge in [0.25, 0.3) is 0 Å². The molecule has 2 atom stereocenters. The zero-order valence-corrected chi connectivity index (χ0v) is 36.3. The normalized spacial score (nSPS) is 20.8. The van der Waals surface area contributed by atoms with E-state index in [1.807, 2.05) is 12.1 Å². The maximum atomic E-state index is 13.1. The van der Waals surface area contributed by atoms with Gasteiger partial charge in [-0.25, -0.2) is 9.59 Å². The van der Waals surface area contributed by atoms with Gasteiger partial charge in [0.15, 0.2) is 12.2 Å². The summed E-state index contributed by atoms with van der Waals surface area (Å²) in [7, 11) is 1.45. The molecular weight excluding hydrogens is 757 g/mol. The molecule has 54 heavy (non-hydrogen) atoms. The summed E-state index contributed by atoms with van der Waals surface area (Å²) in [5, 5.41) is 3.46. The quantitative estimate of drug-likeness (QED) is 0.148. The van der Waals surface area contributed by atoms with Crippen LogP contribution < -0.4 is 20.1 Å². The largest absolute Gasteiger partial charge is 0.477 e. The van der Waals surface area contributed by atoms with E-state index < -0.39 is 40.0 Å². The van der Waals surface area contributed by atoms with Gasteiger partial charge < -0.3 is 18.9 Å². The molecule has 0 radical (unpaired) electrons. The van der Waals surface area contributed by atoms with E-state index in [4.69, 9.17) is 42.1 Å². The molecule has 2 aromatic carbocycles. The molecule has 10 heteroatoms. The SMILES string of the molecule is COC(=O)[C@H](C)Oc1c(Cl)ccc(P(C2CCCCC2)C2CCCCC2)c1-c1c(P(C2CCCCC2)C2CCCCC2)ccc(Cl)c1O[C@H](C)C(=O)OC. The second-order valence-electron chi connectivity index (χ2n) is 16.1.